The van der Waals surface area contributed by atoms with Crippen LogP contribution in [0.2, 0.25) is 0 Å². The van der Waals surface area contributed by atoms with Crippen molar-refractivity contribution < 1.29 is 23.5 Å². The lowest BCUT2D eigenvalue weighted by Crippen LogP contribution is -2.13. The average Bonchev–Trinajstić information content (AvgIpc) is 3.28. The molecular formula is C18H16NO6-. The Morgan fingerprint density at radius 2 is 1.52 bits per heavy atom. The van der Waals surface area contributed by atoms with Crippen LogP contribution in [0.15, 0.2) is 45.2 Å². The van der Waals surface area contributed by atoms with Crippen molar-refractivity contribution in [3.63, 3.8) is 0 Å². The minimum absolute atomic E-state index is 0.0392. The summed E-state index contributed by atoms with van der Waals surface area (Å²) in [6.07, 6.45) is 0. The van der Waals surface area contributed by atoms with E-state index in [1.807, 2.05) is 38.1 Å². The summed E-state index contributed by atoms with van der Waals surface area (Å²) in [5.74, 6) is 3.02. The quantitative estimate of drug-likeness (QED) is 0.714. The Balaban J connectivity index is 1.93. The predicted molar refractivity (Wildman–Crippen MR) is 88.0 cm³/mol. The highest BCUT2D eigenvalue weighted by molar-refractivity contribution is 5.65. The Morgan fingerprint density at radius 1 is 0.960 bits per heavy atom. The van der Waals surface area contributed by atoms with Crippen molar-refractivity contribution in [3.8, 4) is 11.5 Å². The number of anilines is 1. The fraction of sp³-hybridized carbons (Fsp3) is 0.222. The highest BCUT2D eigenvalue weighted by atomic mass is 16.8. The van der Waals surface area contributed by atoms with Gasteiger partial charge in [-0.15, -0.1) is 0 Å². The van der Waals surface area contributed by atoms with E-state index in [4.69, 9.17) is 18.3 Å². The first-order valence-electron chi connectivity index (χ1n) is 7.75. The van der Waals surface area contributed by atoms with Crippen LogP contribution in [0, 0.1) is 19.1 Å². The lowest BCUT2D eigenvalue weighted by Gasteiger charge is -2.27. The van der Waals surface area contributed by atoms with Crippen molar-refractivity contribution in [2.45, 2.75) is 19.8 Å². The van der Waals surface area contributed by atoms with Gasteiger partial charge in [0.25, 0.3) is 0 Å². The molecule has 4 rings (SSSR count). The third kappa shape index (κ3) is 2.73. The molecule has 1 N–H and O–H groups in total. The molecule has 7 heteroatoms. The minimum Gasteiger partial charge on any atom is -0.733 e. The molecule has 0 bridgehead atoms. The van der Waals surface area contributed by atoms with E-state index in [-0.39, 0.29) is 17.7 Å². The number of benzene rings is 1. The van der Waals surface area contributed by atoms with E-state index in [0.29, 0.717) is 28.6 Å². The van der Waals surface area contributed by atoms with Crippen LogP contribution in [0.4, 0.5) is 5.69 Å². The van der Waals surface area contributed by atoms with Gasteiger partial charge in [0.15, 0.2) is 11.5 Å². The fourth-order valence-corrected chi connectivity index (χ4v) is 3.01. The monoisotopic (exact) mass is 342 g/mol. The maximum Gasteiger partial charge on any atom is 0.231 e. The van der Waals surface area contributed by atoms with Crippen LogP contribution >= 0.6 is 0 Å². The largest absolute Gasteiger partial charge is 0.733 e. The van der Waals surface area contributed by atoms with Crippen LogP contribution in [-0.4, -0.2) is 12.0 Å². The van der Waals surface area contributed by atoms with Crippen molar-refractivity contribution in [3.05, 3.63) is 70.2 Å². The first kappa shape index (κ1) is 15.6. The standard InChI is InChI=1S/C18H16NO6/c1-10-3-5-14(24-10)18(15-6-4-11(2)25-15)12-7-16-17(23-9-22-16)8-13(12)19(20)21/h3-8,18,20H,9H2,1-2H3/q-1. The summed E-state index contributed by atoms with van der Waals surface area (Å²) in [6, 6.07) is 10.4. The van der Waals surface area contributed by atoms with Gasteiger partial charge in [-0.25, -0.2) is 0 Å². The smallest absolute Gasteiger partial charge is 0.231 e. The number of ether oxygens (including phenoxy) is 2. The number of hydrogen-bond acceptors (Lipinski definition) is 7. The summed E-state index contributed by atoms with van der Waals surface area (Å²) >= 11 is 0. The van der Waals surface area contributed by atoms with Crippen molar-refractivity contribution >= 4 is 5.69 Å². The second kappa shape index (κ2) is 5.87. The van der Waals surface area contributed by atoms with Crippen LogP contribution in [0.25, 0.3) is 0 Å². The first-order valence-corrected chi connectivity index (χ1v) is 7.75. The molecular weight excluding hydrogens is 326 g/mol. The summed E-state index contributed by atoms with van der Waals surface area (Å²) in [6.45, 7) is 3.73. The van der Waals surface area contributed by atoms with Gasteiger partial charge in [-0.3, -0.25) is 5.21 Å². The molecule has 0 atom stereocenters. The Hall–Kier alpha value is -2.90. The van der Waals surface area contributed by atoms with E-state index >= 15 is 0 Å². The molecule has 0 fully saturated rings. The van der Waals surface area contributed by atoms with Crippen LogP contribution < -0.4 is 14.7 Å². The lowest BCUT2D eigenvalue weighted by molar-refractivity contribution is 0.174. The third-order valence-corrected chi connectivity index (χ3v) is 4.13. The molecule has 0 radical (unpaired) electrons. The lowest BCUT2D eigenvalue weighted by atomic mass is 9.92. The highest BCUT2D eigenvalue weighted by Gasteiger charge is 2.29. The van der Waals surface area contributed by atoms with Crippen molar-refractivity contribution in [2.75, 3.05) is 12.0 Å². The molecule has 130 valence electrons. The van der Waals surface area contributed by atoms with Crippen molar-refractivity contribution in [1.82, 2.24) is 0 Å². The summed E-state index contributed by atoms with van der Waals surface area (Å²) < 4.78 is 22.3. The van der Waals surface area contributed by atoms with Crippen LogP contribution in [0.5, 0.6) is 11.5 Å². The van der Waals surface area contributed by atoms with Crippen LogP contribution in [-0.2, 0) is 0 Å². The Labute approximate surface area is 143 Å². The van der Waals surface area contributed by atoms with E-state index in [9.17, 15) is 10.4 Å². The molecule has 1 aliphatic heterocycles. The normalized spacial score (nSPS) is 12.8. The van der Waals surface area contributed by atoms with Gasteiger partial charge < -0.3 is 28.7 Å². The van der Waals surface area contributed by atoms with Gasteiger partial charge in [-0.2, -0.15) is 0 Å². The molecule has 0 amide bonds. The van der Waals surface area contributed by atoms with E-state index in [2.05, 4.69) is 0 Å². The average molecular weight is 342 g/mol. The number of nitrogens with zero attached hydrogens (tertiary/aromatic N) is 1. The Bertz CT molecular complexity index is 870. The number of furan rings is 2. The maximum absolute atomic E-state index is 11.8. The van der Waals surface area contributed by atoms with Gasteiger partial charge in [0.1, 0.15) is 29.0 Å². The zero-order chi connectivity index (χ0) is 17.6. The molecule has 0 unspecified atom stereocenters. The van der Waals surface area contributed by atoms with Crippen LogP contribution in [0.3, 0.4) is 0 Å². The molecule has 0 aliphatic carbocycles. The van der Waals surface area contributed by atoms with Crippen molar-refractivity contribution in [2.24, 2.45) is 0 Å². The van der Waals surface area contributed by atoms with Gasteiger partial charge in [-0.05, 0) is 49.7 Å². The summed E-state index contributed by atoms with van der Waals surface area (Å²) in [5, 5.41) is 21.2. The maximum atomic E-state index is 11.8. The molecule has 3 aromatic rings. The molecule has 7 nitrogen and oxygen atoms in total. The predicted octanol–water partition coefficient (Wildman–Crippen LogP) is 4.09. The number of aryl methyl sites for hydroxylation is 2. The molecule has 0 spiro atoms. The number of rotatable bonds is 4. The molecule has 1 aliphatic rings. The van der Waals surface area contributed by atoms with E-state index < -0.39 is 5.92 Å². The van der Waals surface area contributed by atoms with Gasteiger partial charge >= 0.3 is 0 Å². The summed E-state index contributed by atoms with van der Waals surface area (Å²) in [5.41, 5.74) is 0.530. The Kier molecular flexibility index (Phi) is 3.67. The minimum atomic E-state index is -0.518. The SMILES string of the molecule is Cc1ccc(C(c2ccc(C)o2)c2cc3c(cc2N([O-])O)OCO3)o1. The number of fused-ring (bicyclic) bond motifs is 1. The van der Waals surface area contributed by atoms with Gasteiger partial charge in [0.2, 0.25) is 6.79 Å². The van der Waals surface area contributed by atoms with Gasteiger partial charge in [0.05, 0.1) is 5.69 Å². The van der Waals surface area contributed by atoms with Gasteiger partial charge in [-0.1, -0.05) is 0 Å². The van der Waals surface area contributed by atoms with Gasteiger partial charge in [0, 0.05) is 6.07 Å². The second-order valence-electron chi connectivity index (χ2n) is 5.87. The molecule has 3 heterocycles. The fourth-order valence-electron chi connectivity index (χ4n) is 3.01. The zero-order valence-electron chi connectivity index (χ0n) is 13.7. The van der Waals surface area contributed by atoms with Crippen LogP contribution in [0.1, 0.15) is 34.5 Å². The Morgan fingerprint density at radius 3 is 2.00 bits per heavy atom. The van der Waals surface area contributed by atoms with E-state index in [1.54, 1.807) is 6.07 Å². The molecule has 1 aromatic carbocycles. The number of hydrogen-bond donors (Lipinski definition) is 1. The molecule has 2 aromatic heterocycles. The summed E-state index contributed by atoms with van der Waals surface area (Å²) in [4.78, 5) is 0. The highest BCUT2D eigenvalue weighted by Crippen LogP contribution is 2.45. The molecule has 0 saturated carbocycles. The second-order valence-corrected chi connectivity index (χ2v) is 5.87. The first-order chi connectivity index (χ1) is 12.0. The van der Waals surface area contributed by atoms with Crippen molar-refractivity contribution in [1.29, 1.82) is 0 Å². The third-order valence-electron chi connectivity index (χ3n) is 4.13. The zero-order valence-corrected chi connectivity index (χ0v) is 13.7. The molecule has 25 heavy (non-hydrogen) atoms. The summed E-state index contributed by atoms with van der Waals surface area (Å²) in [7, 11) is 0. The van der Waals surface area contributed by atoms with E-state index in [1.165, 1.54) is 6.07 Å². The molecule has 0 saturated heterocycles. The van der Waals surface area contributed by atoms with E-state index in [0.717, 1.165) is 11.5 Å². The topological polar surface area (TPSA) is 91.3 Å².